The minimum absolute atomic E-state index is 0.394. The molecular formula is C14H15Cl2IN4O. The van der Waals surface area contributed by atoms with E-state index in [1.54, 1.807) is 36.9 Å². The zero-order valence-corrected chi connectivity index (χ0v) is 15.4. The Kier molecular flexibility index (Phi) is 8.29. The SMILES string of the molecule is CCO/C=C/c1cnc(Cl)cc1N.Nc1cc(Cl)ncc1I. The van der Waals surface area contributed by atoms with Gasteiger partial charge in [0.2, 0.25) is 0 Å². The maximum absolute atomic E-state index is 5.67. The minimum atomic E-state index is 0.394. The van der Waals surface area contributed by atoms with Gasteiger partial charge in [0.1, 0.15) is 10.3 Å². The quantitative estimate of drug-likeness (QED) is 0.413. The van der Waals surface area contributed by atoms with E-state index in [1.807, 2.05) is 6.92 Å². The van der Waals surface area contributed by atoms with E-state index in [4.69, 9.17) is 39.4 Å². The fourth-order valence-electron chi connectivity index (χ4n) is 1.24. The summed E-state index contributed by atoms with van der Waals surface area (Å²) >= 11 is 13.2. The molecule has 4 N–H and O–H groups in total. The second-order valence-corrected chi connectivity index (χ2v) is 5.86. The first-order valence-electron chi connectivity index (χ1n) is 6.19. The molecule has 0 bridgehead atoms. The smallest absolute Gasteiger partial charge is 0.131 e. The van der Waals surface area contributed by atoms with Crippen LogP contribution < -0.4 is 11.5 Å². The molecule has 118 valence electrons. The Hall–Kier alpha value is -1.25. The molecule has 2 heterocycles. The molecular weight excluding hydrogens is 438 g/mol. The van der Waals surface area contributed by atoms with E-state index in [0.717, 1.165) is 9.13 Å². The van der Waals surface area contributed by atoms with E-state index in [0.29, 0.717) is 28.3 Å². The molecule has 0 saturated heterocycles. The van der Waals surface area contributed by atoms with Gasteiger partial charge in [-0.1, -0.05) is 23.2 Å². The molecule has 0 fully saturated rings. The molecule has 2 aromatic heterocycles. The van der Waals surface area contributed by atoms with Crippen LogP contribution in [-0.4, -0.2) is 16.6 Å². The lowest BCUT2D eigenvalue weighted by Crippen LogP contribution is -1.90. The first kappa shape index (κ1) is 18.8. The van der Waals surface area contributed by atoms with Gasteiger partial charge in [-0.15, -0.1) is 0 Å². The number of aromatic nitrogens is 2. The number of rotatable bonds is 3. The van der Waals surface area contributed by atoms with Crippen LogP contribution in [0.1, 0.15) is 12.5 Å². The van der Waals surface area contributed by atoms with Gasteiger partial charge < -0.3 is 16.2 Å². The van der Waals surface area contributed by atoms with Gasteiger partial charge in [0.05, 0.1) is 16.4 Å². The zero-order chi connectivity index (χ0) is 16.5. The topological polar surface area (TPSA) is 87.0 Å². The van der Waals surface area contributed by atoms with E-state index in [-0.39, 0.29) is 0 Å². The Morgan fingerprint density at radius 3 is 2.23 bits per heavy atom. The molecule has 0 radical (unpaired) electrons. The third-order valence-electron chi connectivity index (χ3n) is 2.30. The molecule has 2 rings (SSSR count). The van der Waals surface area contributed by atoms with Crippen molar-refractivity contribution < 1.29 is 4.74 Å². The van der Waals surface area contributed by atoms with Crippen LogP contribution in [0.25, 0.3) is 6.08 Å². The lowest BCUT2D eigenvalue weighted by atomic mass is 10.2. The number of anilines is 2. The molecule has 8 heteroatoms. The molecule has 0 aliphatic heterocycles. The van der Waals surface area contributed by atoms with Crippen molar-refractivity contribution >= 4 is 63.2 Å². The molecule has 0 unspecified atom stereocenters. The summed E-state index contributed by atoms with van der Waals surface area (Å²) < 4.78 is 5.95. The molecule has 22 heavy (non-hydrogen) atoms. The van der Waals surface area contributed by atoms with Crippen LogP contribution >= 0.6 is 45.8 Å². The van der Waals surface area contributed by atoms with E-state index < -0.39 is 0 Å². The number of hydrogen-bond acceptors (Lipinski definition) is 5. The molecule has 0 saturated carbocycles. The number of nitrogens with zero attached hydrogens (tertiary/aromatic N) is 2. The zero-order valence-electron chi connectivity index (χ0n) is 11.8. The highest BCUT2D eigenvalue weighted by Gasteiger charge is 1.96. The molecule has 0 atom stereocenters. The predicted molar refractivity (Wildman–Crippen MR) is 101 cm³/mol. The van der Waals surface area contributed by atoms with Gasteiger partial charge in [0.15, 0.2) is 0 Å². The third-order valence-corrected chi connectivity index (χ3v) is 3.61. The highest BCUT2D eigenvalue weighted by atomic mass is 127. The number of nitrogen functional groups attached to an aromatic ring is 2. The Morgan fingerprint density at radius 2 is 1.73 bits per heavy atom. The molecule has 0 aliphatic rings. The second kappa shape index (κ2) is 9.70. The van der Waals surface area contributed by atoms with Crippen LogP contribution in [0.4, 0.5) is 11.4 Å². The summed E-state index contributed by atoms with van der Waals surface area (Å²) in [7, 11) is 0. The number of hydrogen-bond donors (Lipinski definition) is 2. The minimum Gasteiger partial charge on any atom is -0.501 e. The van der Waals surface area contributed by atoms with Gasteiger partial charge in [0.25, 0.3) is 0 Å². The van der Waals surface area contributed by atoms with Crippen LogP contribution in [0.5, 0.6) is 0 Å². The fraction of sp³-hybridized carbons (Fsp3) is 0.143. The number of nitrogens with two attached hydrogens (primary N) is 2. The molecule has 0 spiro atoms. The third kappa shape index (κ3) is 6.67. The Morgan fingerprint density at radius 1 is 1.14 bits per heavy atom. The van der Waals surface area contributed by atoms with E-state index in [2.05, 4.69) is 32.6 Å². The largest absolute Gasteiger partial charge is 0.501 e. The van der Waals surface area contributed by atoms with Crippen LogP contribution in [0.15, 0.2) is 30.8 Å². The van der Waals surface area contributed by atoms with E-state index in [1.165, 1.54) is 0 Å². The number of ether oxygens (including phenoxy) is 1. The van der Waals surface area contributed by atoms with Crippen molar-refractivity contribution in [3.05, 3.63) is 50.2 Å². The molecule has 2 aromatic rings. The van der Waals surface area contributed by atoms with Gasteiger partial charge in [0, 0.05) is 29.3 Å². The molecule has 0 amide bonds. The molecule has 0 aliphatic carbocycles. The second-order valence-electron chi connectivity index (χ2n) is 3.92. The van der Waals surface area contributed by atoms with Gasteiger partial charge in [-0.2, -0.15) is 0 Å². The standard InChI is InChI=1S/C9H11ClN2O.C5H4ClIN2/c1-2-13-4-3-7-6-12-9(10)5-8(7)11;6-5-1-4(8)3(7)2-9-5/h3-6H,2H2,1H3,(H2,11,12);1-2H,(H2,8,9)/b4-3+;. The van der Waals surface area contributed by atoms with Crippen molar-refractivity contribution in [3.8, 4) is 0 Å². The number of pyridine rings is 2. The van der Waals surface area contributed by atoms with Gasteiger partial charge in [-0.05, 0) is 47.7 Å². The van der Waals surface area contributed by atoms with Crippen molar-refractivity contribution in [2.75, 3.05) is 18.1 Å². The van der Waals surface area contributed by atoms with Crippen LogP contribution in [-0.2, 0) is 4.74 Å². The lowest BCUT2D eigenvalue weighted by Gasteiger charge is -1.99. The highest BCUT2D eigenvalue weighted by Crippen LogP contribution is 2.16. The lowest BCUT2D eigenvalue weighted by molar-refractivity contribution is 0.272. The summed E-state index contributed by atoms with van der Waals surface area (Å²) in [5, 5.41) is 0.832. The van der Waals surface area contributed by atoms with Crippen molar-refractivity contribution in [1.82, 2.24) is 9.97 Å². The van der Waals surface area contributed by atoms with Gasteiger partial charge in [-0.3, -0.25) is 0 Å². The van der Waals surface area contributed by atoms with Crippen LogP contribution in [0.2, 0.25) is 10.3 Å². The summed E-state index contributed by atoms with van der Waals surface area (Å²) in [5.41, 5.74) is 13.2. The Balaban J connectivity index is 0.000000235. The summed E-state index contributed by atoms with van der Waals surface area (Å²) in [6.07, 6.45) is 6.58. The predicted octanol–water partition coefficient (Wildman–Crippen LogP) is 4.25. The number of halogens is 3. The van der Waals surface area contributed by atoms with Crippen molar-refractivity contribution in [3.63, 3.8) is 0 Å². The van der Waals surface area contributed by atoms with Gasteiger partial charge in [-0.25, -0.2) is 9.97 Å². The first-order valence-corrected chi connectivity index (χ1v) is 8.03. The normalized spacial score (nSPS) is 10.2. The maximum Gasteiger partial charge on any atom is 0.131 e. The average Bonchev–Trinajstić information content (AvgIpc) is 2.46. The monoisotopic (exact) mass is 452 g/mol. The summed E-state index contributed by atoms with van der Waals surface area (Å²) in [6.45, 7) is 2.55. The maximum atomic E-state index is 5.67. The van der Waals surface area contributed by atoms with Crippen LogP contribution in [0, 0.1) is 3.57 Å². The summed E-state index contributed by atoms with van der Waals surface area (Å²) in [6, 6.07) is 3.23. The molecule has 5 nitrogen and oxygen atoms in total. The van der Waals surface area contributed by atoms with Crippen molar-refractivity contribution in [2.45, 2.75) is 6.92 Å². The Labute approximate surface area is 152 Å². The van der Waals surface area contributed by atoms with Crippen molar-refractivity contribution in [2.24, 2.45) is 0 Å². The summed E-state index contributed by atoms with van der Waals surface area (Å²) in [5.74, 6) is 0. The van der Waals surface area contributed by atoms with Gasteiger partial charge >= 0.3 is 0 Å². The summed E-state index contributed by atoms with van der Waals surface area (Å²) in [4.78, 5) is 7.71. The fourth-order valence-corrected chi connectivity index (χ4v) is 1.87. The highest BCUT2D eigenvalue weighted by molar-refractivity contribution is 14.1. The van der Waals surface area contributed by atoms with E-state index in [9.17, 15) is 0 Å². The average molecular weight is 453 g/mol. The molecule has 0 aromatic carbocycles. The van der Waals surface area contributed by atoms with E-state index >= 15 is 0 Å². The first-order chi connectivity index (χ1) is 10.4. The Bertz CT molecular complexity index is 653. The van der Waals surface area contributed by atoms with Crippen molar-refractivity contribution in [1.29, 1.82) is 0 Å². The van der Waals surface area contributed by atoms with Crippen LogP contribution in [0.3, 0.4) is 0 Å².